The van der Waals surface area contributed by atoms with Gasteiger partial charge in [0.05, 0.1) is 24.3 Å². The van der Waals surface area contributed by atoms with Gasteiger partial charge in [-0.15, -0.1) is 0 Å². The first kappa shape index (κ1) is 17.5. The molecule has 0 radical (unpaired) electrons. The van der Waals surface area contributed by atoms with Gasteiger partial charge in [0.25, 0.3) is 0 Å². The van der Waals surface area contributed by atoms with Gasteiger partial charge in [-0.3, -0.25) is 0 Å². The molecule has 1 unspecified atom stereocenters. The lowest BCUT2D eigenvalue weighted by Gasteiger charge is -2.25. The average molecular weight is 296 g/mol. The second kappa shape index (κ2) is 6.93. The van der Waals surface area contributed by atoms with Crippen LogP contribution in [-0.4, -0.2) is 46.8 Å². The molecule has 2 atom stereocenters. The molecular weight excluding hydrogens is 268 g/mol. The zero-order chi connectivity index (χ0) is 16.2. The Hall–Kier alpha value is -1.56. The number of nitrogens with zero attached hydrogens (tertiary/aromatic N) is 3. The second-order valence-corrected chi connectivity index (χ2v) is 6.70. The van der Waals surface area contributed by atoms with E-state index < -0.39 is 11.7 Å². The summed E-state index contributed by atoms with van der Waals surface area (Å²) in [6.07, 6.45) is 3.17. The molecule has 0 aromatic carbocycles. The highest BCUT2D eigenvalue weighted by Gasteiger charge is 2.21. The van der Waals surface area contributed by atoms with Crippen LogP contribution in [-0.2, 0) is 4.74 Å². The third-order valence-corrected chi connectivity index (χ3v) is 2.98. The van der Waals surface area contributed by atoms with Gasteiger partial charge in [0.2, 0.25) is 0 Å². The maximum Gasteiger partial charge on any atom is 0.408 e. The molecule has 6 heteroatoms. The number of carbonyl (C=O) groups is 1. The Morgan fingerprint density at radius 1 is 1.43 bits per heavy atom. The Bertz CT molecular complexity index is 462. The van der Waals surface area contributed by atoms with Gasteiger partial charge < -0.3 is 19.5 Å². The van der Waals surface area contributed by atoms with Crippen LogP contribution in [0.5, 0.6) is 0 Å². The van der Waals surface area contributed by atoms with E-state index in [4.69, 9.17) is 4.74 Å². The van der Waals surface area contributed by atoms with Crippen molar-refractivity contribution in [2.75, 3.05) is 20.6 Å². The van der Waals surface area contributed by atoms with Gasteiger partial charge in [0.1, 0.15) is 5.60 Å². The normalized spacial score (nSPS) is 14.9. The summed E-state index contributed by atoms with van der Waals surface area (Å²) in [6.45, 7) is 10.5. The van der Waals surface area contributed by atoms with Crippen LogP contribution < -0.4 is 5.32 Å². The van der Waals surface area contributed by atoms with Crippen molar-refractivity contribution in [3.05, 3.63) is 18.2 Å². The number of carbonyl (C=O) groups excluding carboxylic acids is 1. The zero-order valence-electron chi connectivity index (χ0n) is 14.2. The van der Waals surface area contributed by atoms with Crippen molar-refractivity contribution in [2.24, 2.45) is 0 Å². The smallest absolute Gasteiger partial charge is 0.408 e. The van der Waals surface area contributed by atoms with Crippen molar-refractivity contribution >= 4 is 6.09 Å². The van der Waals surface area contributed by atoms with Gasteiger partial charge in [-0.05, 0) is 48.7 Å². The number of hydrogen-bond acceptors (Lipinski definition) is 4. The van der Waals surface area contributed by atoms with Crippen molar-refractivity contribution in [1.82, 2.24) is 19.8 Å². The molecule has 0 aliphatic carbocycles. The van der Waals surface area contributed by atoms with Crippen LogP contribution in [0.25, 0.3) is 0 Å². The molecule has 0 saturated heterocycles. The number of aromatic nitrogens is 2. The zero-order valence-corrected chi connectivity index (χ0v) is 14.2. The van der Waals surface area contributed by atoms with E-state index >= 15 is 0 Å². The largest absolute Gasteiger partial charge is 0.444 e. The third kappa shape index (κ3) is 5.75. The van der Waals surface area contributed by atoms with Gasteiger partial charge in [0, 0.05) is 12.6 Å². The topological polar surface area (TPSA) is 59.4 Å². The number of likely N-dealkylation sites (N-methyl/N-ethyl adjacent to an activating group) is 1. The average Bonchev–Trinajstić information content (AvgIpc) is 2.73. The van der Waals surface area contributed by atoms with Gasteiger partial charge >= 0.3 is 6.09 Å². The van der Waals surface area contributed by atoms with Gasteiger partial charge in [0.15, 0.2) is 0 Å². The van der Waals surface area contributed by atoms with Crippen LogP contribution in [0.3, 0.4) is 0 Å². The van der Waals surface area contributed by atoms with Crippen LogP contribution in [0, 0.1) is 0 Å². The predicted molar refractivity (Wildman–Crippen MR) is 83.3 cm³/mol. The fraction of sp³-hybridized carbons (Fsp3) is 0.733. The summed E-state index contributed by atoms with van der Waals surface area (Å²) in [5.74, 6) is 0. The minimum absolute atomic E-state index is 0.160. The molecule has 0 saturated carbocycles. The minimum Gasteiger partial charge on any atom is -0.444 e. The molecule has 120 valence electrons. The molecule has 0 bridgehead atoms. The quantitative estimate of drug-likeness (QED) is 0.907. The first-order valence-corrected chi connectivity index (χ1v) is 7.26. The second-order valence-electron chi connectivity index (χ2n) is 6.70. The fourth-order valence-corrected chi connectivity index (χ4v) is 2.19. The molecular formula is C15H28N4O2. The summed E-state index contributed by atoms with van der Waals surface area (Å²) in [4.78, 5) is 18.2. The van der Waals surface area contributed by atoms with Crippen molar-refractivity contribution in [1.29, 1.82) is 0 Å². The highest BCUT2D eigenvalue weighted by atomic mass is 16.6. The lowest BCUT2D eigenvalue weighted by molar-refractivity contribution is 0.0505. The summed E-state index contributed by atoms with van der Waals surface area (Å²) < 4.78 is 7.37. The molecule has 1 aromatic rings. The Balaban J connectivity index is 2.73. The summed E-state index contributed by atoms with van der Waals surface area (Å²) in [7, 11) is 4.07. The fourth-order valence-electron chi connectivity index (χ4n) is 2.19. The molecule has 1 rings (SSSR count). The molecule has 1 amide bonds. The number of amides is 1. The number of nitrogens with one attached hydrogen (secondary N) is 1. The molecule has 1 N–H and O–H groups in total. The Morgan fingerprint density at radius 2 is 2.05 bits per heavy atom. The predicted octanol–water partition coefficient (Wildman–Crippen LogP) is 2.59. The molecule has 1 heterocycles. The standard InChI is InChI=1S/C15H28N4O2/c1-11(9-18(6)7)19-10-16-8-13(19)12(2)17-14(20)21-15(3,4)5/h8,10-12H,9H2,1-7H3,(H,17,20)/t11?,12-/m1/s1. The third-order valence-electron chi connectivity index (χ3n) is 2.98. The molecule has 21 heavy (non-hydrogen) atoms. The van der Waals surface area contributed by atoms with Crippen LogP contribution >= 0.6 is 0 Å². The van der Waals surface area contributed by atoms with Crippen LogP contribution in [0.4, 0.5) is 4.79 Å². The van der Waals surface area contributed by atoms with E-state index in [1.54, 1.807) is 12.5 Å². The van der Waals surface area contributed by atoms with Gasteiger partial charge in [-0.2, -0.15) is 0 Å². The molecule has 0 spiro atoms. The first-order valence-electron chi connectivity index (χ1n) is 7.26. The lowest BCUT2D eigenvalue weighted by Crippen LogP contribution is -2.35. The molecule has 0 aliphatic heterocycles. The van der Waals surface area contributed by atoms with E-state index in [9.17, 15) is 4.79 Å². The van der Waals surface area contributed by atoms with E-state index in [-0.39, 0.29) is 12.1 Å². The molecule has 0 aliphatic rings. The number of alkyl carbamates (subject to hydrolysis) is 1. The molecule has 6 nitrogen and oxygen atoms in total. The van der Waals surface area contributed by atoms with Crippen LogP contribution in [0.1, 0.15) is 52.4 Å². The highest BCUT2D eigenvalue weighted by Crippen LogP contribution is 2.18. The van der Waals surface area contributed by atoms with E-state index in [1.165, 1.54) is 0 Å². The van der Waals surface area contributed by atoms with Crippen molar-refractivity contribution in [2.45, 2.75) is 52.3 Å². The van der Waals surface area contributed by atoms with Crippen molar-refractivity contribution < 1.29 is 9.53 Å². The summed E-state index contributed by atoms with van der Waals surface area (Å²) in [5, 5.41) is 2.85. The van der Waals surface area contributed by atoms with E-state index in [0.717, 1.165) is 12.2 Å². The van der Waals surface area contributed by atoms with Crippen LogP contribution in [0.15, 0.2) is 12.5 Å². The Labute approximate surface area is 127 Å². The SMILES string of the molecule is CC(CN(C)C)n1cncc1[C@@H](C)NC(=O)OC(C)(C)C. The first-order chi connectivity index (χ1) is 9.60. The number of imidazole rings is 1. The lowest BCUT2D eigenvalue weighted by atomic mass is 10.2. The van der Waals surface area contributed by atoms with Crippen LogP contribution in [0.2, 0.25) is 0 Å². The van der Waals surface area contributed by atoms with Gasteiger partial charge in [-0.1, -0.05) is 0 Å². The number of hydrogen-bond donors (Lipinski definition) is 1. The maximum absolute atomic E-state index is 11.9. The van der Waals surface area contributed by atoms with Crippen molar-refractivity contribution in [3.8, 4) is 0 Å². The summed E-state index contributed by atoms with van der Waals surface area (Å²) >= 11 is 0. The number of ether oxygens (including phenoxy) is 1. The summed E-state index contributed by atoms with van der Waals surface area (Å²) in [5.41, 5.74) is 0.470. The summed E-state index contributed by atoms with van der Waals surface area (Å²) in [6, 6.07) is 0.118. The van der Waals surface area contributed by atoms with Gasteiger partial charge in [-0.25, -0.2) is 9.78 Å². The van der Waals surface area contributed by atoms with E-state index in [0.29, 0.717) is 0 Å². The van der Waals surface area contributed by atoms with Crippen molar-refractivity contribution in [3.63, 3.8) is 0 Å². The molecule has 0 fully saturated rings. The highest BCUT2D eigenvalue weighted by molar-refractivity contribution is 5.68. The maximum atomic E-state index is 11.9. The number of rotatable bonds is 5. The molecule has 1 aromatic heterocycles. The Morgan fingerprint density at radius 3 is 2.57 bits per heavy atom. The minimum atomic E-state index is -0.498. The van der Waals surface area contributed by atoms with E-state index in [1.807, 2.05) is 41.8 Å². The monoisotopic (exact) mass is 296 g/mol. The van der Waals surface area contributed by atoms with E-state index in [2.05, 4.69) is 26.7 Å². The Kier molecular flexibility index (Phi) is 5.78.